The Hall–Kier alpha value is -4.26. The number of allylic oxidation sites excluding steroid dienone is 1. The highest BCUT2D eigenvalue weighted by Gasteiger charge is 2.41. The highest BCUT2D eigenvalue weighted by Crippen LogP contribution is 2.42. The van der Waals surface area contributed by atoms with Gasteiger partial charge < -0.3 is 24.4 Å². The molecular weight excluding hydrogens is 456 g/mol. The molecule has 3 aromatic carbocycles. The van der Waals surface area contributed by atoms with Crippen LogP contribution in [0, 0.1) is 5.92 Å². The number of rotatable bonds is 7. The molecule has 0 spiro atoms. The summed E-state index contributed by atoms with van der Waals surface area (Å²) in [5.74, 6) is -0.263. The van der Waals surface area contributed by atoms with E-state index >= 15 is 0 Å². The van der Waals surface area contributed by atoms with Gasteiger partial charge in [0.1, 0.15) is 24.2 Å². The average Bonchev–Trinajstić information content (AvgIpc) is 2.93. The second kappa shape index (κ2) is 11.4. The number of amides is 1. The molecule has 0 saturated carbocycles. The van der Waals surface area contributed by atoms with E-state index in [1.54, 1.807) is 12.0 Å². The molecule has 0 radical (unpaired) electrons. The molecule has 0 saturated heterocycles. The van der Waals surface area contributed by atoms with Gasteiger partial charge in [-0.05, 0) is 29.3 Å². The Labute approximate surface area is 211 Å². The zero-order valence-corrected chi connectivity index (χ0v) is 20.6. The number of methoxy groups -OCH3 is 2. The number of carbonyl (C=O) groups is 2. The Morgan fingerprint density at radius 1 is 0.889 bits per heavy atom. The van der Waals surface area contributed by atoms with E-state index in [0.29, 0.717) is 17.1 Å². The van der Waals surface area contributed by atoms with Crippen molar-refractivity contribution in [3.63, 3.8) is 0 Å². The minimum Gasteiger partial charge on any atom is -0.495 e. The molecule has 1 aliphatic rings. The van der Waals surface area contributed by atoms with Gasteiger partial charge in [-0.15, -0.1) is 0 Å². The van der Waals surface area contributed by atoms with E-state index in [1.807, 2.05) is 97.9 Å². The minimum atomic E-state index is -0.631. The first-order chi connectivity index (χ1) is 17.5. The summed E-state index contributed by atoms with van der Waals surface area (Å²) >= 11 is 0. The summed E-state index contributed by atoms with van der Waals surface area (Å²) in [6.45, 7) is 2.16. The van der Waals surface area contributed by atoms with Crippen LogP contribution in [-0.4, -0.2) is 32.4 Å². The highest BCUT2D eigenvalue weighted by molar-refractivity contribution is 5.94. The standard InChI is InChI=1S/C29H30N2O5/c1-20-23(22-14-8-5-9-15-22)18-25(28(32)35-3)31(24-16-10-11-17-26(24)34-2)27(20)30-29(33)36-19-21-12-6-4-7-13-21/h4-18,20,23,27H,19H2,1-3H3,(H,30,33)/t20-,23+,27-/m1/s1. The number of carbonyl (C=O) groups excluding carboxylic acids is 2. The lowest BCUT2D eigenvalue weighted by molar-refractivity contribution is -0.136. The van der Waals surface area contributed by atoms with Gasteiger partial charge in [0.25, 0.3) is 0 Å². The van der Waals surface area contributed by atoms with Crippen molar-refractivity contribution in [3.8, 4) is 5.75 Å². The van der Waals surface area contributed by atoms with Crippen LogP contribution in [0.25, 0.3) is 0 Å². The number of anilines is 1. The molecule has 0 fully saturated rings. The van der Waals surface area contributed by atoms with Gasteiger partial charge in [-0.1, -0.05) is 79.7 Å². The lowest BCUT2D eigenvalue weighted by Gasteiger charge is -2.44. The third kappa shape index (κ3) is 5.35. The molecule has 186 valence electrons. The lowest BCUT2D eigenvalue weighted by Crippen LogP contribution is -2.56. The number of nitrogens with one attached hydrogen (secondary N) is 1. The minimum absolute atomic E-state index is 0.129. The van der Waals surface area contributed by atoms with Crippen LogP contribution in [-0.2, 0) is 20.9 Å². The van der Waals surface area contributed by atoms with Crippen LogP contribution in [0.5, 0.6) is 5.75 Å². The maximum Gasteiger partial charge on any atom is 0.409 e. The quantitative estimate of drug-likeness (QED) is 0.460. The van der Waals surface area contributed by atoms with Gasteiger partial charge in [0.2, 0.25) is 0 Å². The van der Waals surface area contributed by atoms with Crippen molar-refractivity contribution in [2.45, 2.75) is 25.6 Å². The van der Waals surface area contributed by atoms with Crippen LogP contribution in [0.3, 0.4) is 0 Å². The molecule has 7 heteroatoms. The summed E-state index contributed by atoms with van der Waals surface area (Å²) < 4.78 is 16.3. The zero-order chi connectivity index (χ0) is 25.5. The average molecular weight is 487 g/mol. The molecule has 7 nitrogen and oxygen atoms in total. The van der Waals surface area contributed by atoms with Gasteiger partial charge in [0.15, 0.2) is 0 Å². The number of esters is 1. The zero-order valence-electron chi connectivity index (χ0n) is 20.6. The molecule has 3 aromatic rings. The van der Waals surface area contributed by atoms with E-state index < -0.39 is 18.2 Å². The predicted octanol–water partition coefficient (Wildman–Crippen LogP) is 5.24. The van der Waals surface area contributed by atoms with E-state index in [2.05, 4.69) is 5.32 Å². The first-order valence-corrected chi connectivity index (χ1v) is 11.8. The van der Waals surface area contributed by atoms with Crippen molar-refractivity contribution in [1.82, 2.24) is 5.32 Å². The largest absolute Gasteiger partial charge is 0.495 e. The Balaban J connectivity index is 1.74. The second-order valence-electron chi connectivity index (χ2n) is 8.53. The second-order valence-corrected chi connectivity index (χ2v) is 8.53. The van der Waals surface area contributed by atoms with Gasteiger partial charge in [-0.25, -0.2) is 9.59 Å². The van der Waals surface area contributed by atoms with Gasteiger partial charge in [-0.3, -0.25) is 0 Å². The SMILES string of the molecule is COC(=O)C1=C[C@H](c2ccccc2)[C@@H](C)[C@H](NC(=O)OCc2ccccc2)N1c1ccccc1OC. The highest BCUT2D eigenvalue weighted by atomic mass is 16.5. The Bertz CT molecular complexity index is 1210. The number of hydrogen-bond donors (Lipinski definition) is 1. The van der Waals surface area contributed by atoms with Crippen LogP contribution in [0.15, 0.2) is 96.7 Å². The van der Waals surface area contributed by atoms with Crippen LogP contribution in [0.4, 0.5) is 10.5 Å². The third-order valence-corrected chi connectivity index (χ3v) is 6.34. The molecule has 3 atom stereocenters. The molecule has 1 heterocycles. The number of nitrogens with zero attached hydrogens (tertiary/aromatic N) is 1. The van der Waals surface area contributed by atoms with Crippen LogP contribution < -0.4 is 15.0 Å². The van der Waals surface area contributed by atoms with Crippen molar-refractivity contribution in [3.05, 3.63) is 108 Å². The van der Waals surface area contributed by atoms with Crippen molar-refractivity contribution < 1.29 is 23.8 Å². The fraction of sp³-hybridized carbons (Fsp3) is 0.241. The summed E-state index contributed by atoms with van der Waals surface area (Å²) in [4.78, 5) is 27.8. The van der Waals surface area contributed by atoms with Crippen molar-refractivity contribution in [2.75, 3.05) is 19.1 Å². The Morgan fingerprint density at radius 3 is 2.19 bits per heavy atom. The fourth-order valence-electron chi connectivity index (χ4n) is 4.52. The predicted molar refractivity (Wildman–Crippen MR) is 137 cm³/mol. The van der Waals surface area contributed by atoms with Crippen LogP contribution in [0.2, 0.25) is 0 Å². The van der Waals surface area contributed by atoms with Gasteiger partial charge in [0, 0.05) is 11.8 Å². The lowest BCUT2D eigenvalue weighted by atomic mass is 9.80. The topological polar surface area (TPSA) is 77.1 Å². The number of ether oxygens (including phenoxy) is 3. The molecule has 0 aliphatic carbocycles. The van der Waals surface area contributed by atoms with Crippen molar-refractivity contribution in [2.24, 2.45) is 5.92 Å². The molecule has 1 amide bonds. The summed E-state index contributed by atoms with van der Waals surface area (Å²) in [6.07, 6.45) is 0.675. The molecule has 1 N–H and O–H groups in total. The monoisotopic (exact) mass is 486 g/mol. The molecule has 1 aliphatic heterocycles. The molecule has 0 bridgehead atoms. The number of benzene rings is 3. The maximum atomic E-state index is 13.1. The van der Waals surface area contributed by atoms with E-state index in [9.17, 15) is 9.59 Å². The molecule has 0 aromatic heterocycles. The van der Waals surface area contributed by atoms with Gasteiger partial charge in [0.05, 0.1) is 19.9 Å². The Kier molecular flexibility index (Phi) is 7.90. The Morgan fingerprint density at radius 2 is 1.53 bits per heavy atom. The van der Waals surface area contributed by atoms with E-state index in [4.69, 9.17) is 14.2 Å². The number of para-hydroxylation sites is 2. The third-order valence-electron chi connectivity index (χ3n) is 6.34. The molecule has 4 rings (SSSR count). The van der Waals surface area contributed by atoms with E-state index in [1.165, 1.54) is 7.11 Å². The summed E-state index contributed by atoms with van der Waals surface area (Å²) in [5.41, 5.74) is 2.84. The number of hydrogen-bond acceptors (Lipinski definition) is 6. The van der Waals surface area contributed by atoms with Crippen LogP contribution >= 0.6 is 0 Å². The summed E-state index contributed by atoms with van der Waals surface area (Å²) in [6, 6.07) is 26.7. The normalized spacial score (nSPS) is 19.1. The van der Waals surface area contributed by atoms with Crippen molar-refractivity contribution >= 4 is 17.7 Å². The maximum absolute atomic E-state index is 13.1. The van der Waals surface area contributed by atoms with Crippen LogP contribution in [0.1, 0.15) is 24.0 Å². The van der Waals surface area contributed by atoms with Crippen molar-refractivity contribution in [1.29, 1.82) is 0 Å². The first-order valence-electron chi connectivity index (χ1n) is 11.8. The molecular formula is C29H30N2O5. The van der Waals surface area contributed by atoms with Gasteiger partial charge >= 0.3 is 12.1 Å². The first kappa shape index (κ1) is 24.9. The van der Waals surface area contributed by atoms with Gasteiger partial charge in [-0.2, -0.15) is 0 Å². The summed E-state index contributed by atoms with van der Waals surface area (Å²) in [5, 5.41) is 3.01. The summed E-state index contributed by atoms with van der Waals surface area (Å²) in [7, 11) is 2.91. The van der Waals surface area contributed by atoms with E-state index in [0.717, 1.165) is 11.1 Å². The number of alkyl carbamates (subject to hydrolysis) is 1. The fourth-order valence-corrected chi connectivity index (χ4v) is 4.52. The smallest absolute Gasteiger partial charge is 0.409 e. The molecule has 0 unspecified atom stereocenters. The van der Waals surface area contributed by atoms with E-state index in [-0.39, 0.29) is 18.4 Å². The molecule has 36 heavy (non-hydrogen) atoms.